The molecule has 2 aliphatic rings. The molecule has 0 radical (unpaired) electrons. The van der Waals surface area contributed by atoms with E-state index >= 15 is 0 Å². The monoisotopic (exact) mass is 358 g/mol. The van der Waals surface area contributed by atoms with Crippen molar-refractivity contribution in [2.45, 2.75) is 38.1 Å². The van der Waals surface area contributed by atoms with Crippen molar-refractivity contribution < 1.29 is 9.59 Å². The van der Waals surface area contributed by atoms with Gasteiger partial charge in [0.2, 0.25) is 5.91 Å². The molecule has 26 heavy (non-hydrogen) atoms. The molecule has 1 aliphatic heterocycles. The Morgan fingerprint density at radius 3 is 2.69 bits per heavy atom. The summed E-state index contributed by atoms with van der Waals surface area (Å²) in [6, 6.07) is 7.42. The maximum atomic E-state index is 13.0. The molecule has 2 amide bonds. The van der Waals surface area contributed by atoms with Crippen LogP contribution in [0.1, 0.15) is 42.5 Å². The zero-order valence-corrected chi connectivity index (χ0v) is 15.6. The van der Waals surface area contributed by atoms with Gasteiger partial charge in [-0.3, -0.25) is 9.59 Å². The molecule has 1 aromatic carbocycles. The van der Waals surface area contributed by atoms with Crippen LogP contribution in [0.15, 0.2) is 24.3 Å². The second-order valence-electron chi connectivity index (χ2n) is 7.60. The first kappa shape index (κ1) is 18.9. The summed E-state index contributed by atoms with van der Waals surface area (Å²) in [6.45, 7) is 3.35. The number of nitrogens with one attached hydrogen (secondary N) is 1. The fourth-order valence-corrected chi connectivity index (χ4v) is 3.96. The van der Waals surface area contributed by atoms with Crippen molar-refractivity contribution in [2.24, 2.45) is 11.7 Å². The molecular weight excluding hydrogens is 328 g/mol. The van der Waals surface area contributed by atoms with Gasteiger partial charge in [-0.2, -0.15) is 0 Å². The molecule has 6 nitrogen and oxygen atoms in total. The summed E-state index contributed by atoms with van der Waals surface area (Å²) in [5.41, 5.74) is 7.25. The highest BCUT2D eigenvalue weighted by molar-refractivity contribution is 6.03. The SMILES string of the molecule is CN1CCCN(C(=O)c2ccccc2NC(=O)C[C@@H]2CCC[C@H]2N)CC1. The number of nitrogens with zero attached hydrogens (tertiary/aromatic N) is 2. The molecule has 0 bridgehead atoms. The molecule has 3 N–H and O–H groups in total. The summed E-state index contributed by atoms with van der Waals surface area (Å²) >= 11 is 0. The van der Waals surface area contributed by atoms with Gasteiger partial charge >= 0.3 is 0 Å². The largest absolute Gasteiger partial charge is 0.337 e. The summed E-state index contributed by atoms with van der Waals surface area (Å²) in [5.74, 6) is 0.191. The lowest BCUT2D eigenvalue weighted by molar-refractivity contribution is -0.117. The number of rotatable bonds is 4. The number of para-hydroxylation sites is 1. The Morgan fingerprint density at radius 1 is 1.12 bits per heavy atom. The molecule has 6 heteroatoms. The number of benzene rings is 1. The van der Waals surface area contributed by atoms with Gasteiger partial charge in [-0.1, -0.05) is 18.6 Å². The molecule has 3 rings (SSSR count). The van der Waals surface area contributed by atoms with Crippen LogP contribution in [0.25, 0.3) is 0 Å². The van der Waals surface area contributed by atoms with Gasteiger partial charge in [-0.15, -0.1) is 0 Å². The minimum absolute atomic E-state index is 0.00577. The highest BCUT2D eigenvalue weighted by atomic mass is 16.2. The van der Waals surface area contributed by atoms with E-state index in [-0.39, 0.29) is 23.8 Å². The van der Waals surface area contributed by atoms with Crippen molar-refractivity contribution in [3.63, 3.8) is 0 Å². The highest BCUT2D eigenvalue weighted by Gasteiger charge is 2.27. The van der Waals surface area contributed by atoms with Gasteiger partial charge in [0.15, 0.2) is 0 Å². The summed E-state index contributed by atoms with van der Waals surface area (Å²) in [5, 5.41) is 2.95. The normalized spacial score (nSPS) is 24.3. The van der Waals surface area contributed by atoms with Crippen LogP contribution >= 0.6 is 0 Å². The molecule has 142 valence electrons. The van der Waals surface area contributed by atoms with E-state index in [4.69, 9.17) is 5.73 Å². The maximum Gasteiger partial charge on any atom is 0.256 e. The first-order chi connectivity index (χ1) is 12.5. The number of carbonyl (C=O) groups is 2. The van der Waals surface area contributed by atoms with Crippen LogP contribution < -0.4 is 11.1 Å². The van der Waals surface area contributed by atoms with E-state index < -0.39 is 0 Å². The number of likely N-dealkylation sites (N-methyl/N-ethyl adjacent to an activating group) is 1. The van der Waals surface area contributed by atoms with Crippen LogP contribution in [0.5, 0.6) is 0 Å². The minimum atomic E-state index is -0.0526. The quantitative estimate of drug-likeness (QED) is 0.862. The predicted octanol–water partition coefficient (Wildman–Crippen LogP) is 1.92. The zero-order chi connectivity index (χ0) is 18.5. The van der Waals surface area contributed by atoms with Crippen LogP contribution in [0.4, 0.5) is 5.69 Å². The predicted molar refractivity (Wildman–Crippen MR) is 103 cm³/mol. The Kier molecular flexibility index (Phi) is 6.27. The Bertz CT molecular complexity index is 648. The number of nitrogens with two attached hydrogens (primary N) is 1. The molecule has 1 saturated heterocycles. The Morgan fingerprint density at radius 2 is 1.92 bits per heavy atom. The first-order valence-electron chi connectivity index (χ1n) is 9.67. The van der Waals surface area contributed by atoms with Crippen LogP contribution in [0.2, 0.25) is 0 Å². The molecule has 1 aliphatic carbocycles. The van der Waals surface area contributed by atoms with E-state index in [1.807, 2.05) is 23.1 Å². The third-order valence-corrected chi connectivity index (χ3v) is 5.60. The van der Waals surface area contributed by atoms with E-state index in [1.165, 1.54) is 0 Å². The van der Waals surface area contributed by atoms with Gasteiger partial charge in [0, 0.05) is 32.1 Å². The molecule has 2 atom stereocenters. The molecule has 1 aromatic rings. The van der Waals surface area contributed by atoms with E-state index in [0.29, 0.717) is 24.2 Å². The standard InChI is InChI=1S/C20H30N4O2/c1-23-10-5-11-24(13-12-23)20(26)16-7-2-3-9-18(16)22-19(25)14-15-6-4-8-17(15)21/h2-3,7,9,15,17H,4-6,8,10-14,21H2,1H3,(H,22,25)/t15-,17+/m0/s1. The van der Waals surface area contributed by atoms with Gasteiger partial charge in [0.05, 0.1) is 11.3 Å². The topological polar surface area (TPSA) is 78.7 Å². The smallest absolute Gasteiger partial charge is 0.256 e. The van der Waals surface area contributed by atoms with Crippen molar-refractivity contribution in [1.29, 1.82) is 0 Å². The van der Waals surface area contributed by atoms with Gasteiger partial charge in [0.1, 0.15) is 0 Å². The third-order valence-electron chi connectivity index (χ3n) is 5.60. The van der Waals surface area contributed by atoms with E-state index in [1.54, 1.807) is 6.07 Å². The molecule has 0 unspecified atom stereocenters. The van der Waals surface area contributed by atoms with Gasteiger partial charge in [0.25, 0.3) is 5.91 Å². The van der Waals surface area contributed by atoms with Crippen molar-refractivity contribution in [1.82, 2.24) is 9.80 Å². The van der Waals surface area contributed by atoms with Gasteiger partial charge in [-0.05, 0) is 50.9 Å². The van der Waals surface area contributed by atoms with E-state index in [2.05, 4.69) is 17.3 Å². The van der Waals surface area contributed by atoms with Crippen molar-refractivity contribution in [3.05, 3.63) is 29.8 Å². The second kappa shape index (κ2) is 8.64. The van der Waals surface area contributed by atoms with Crippen LogP contribution in [-0.2, 0) is 4.79 Å². The Balaban J connectivity index is 1.67. The lowest BCUT2D eigenvalue weighted by Crippen LogP contribution is -2.35. The maximum absolute atomic E-state index is 13.0. The molecule has 0 aromatic heterocycles. The van der Waals surface area contributed by atoms with Gasteiger partial charge < -0.3 is 20.9 Å². The summed E-state index contributed by atoms with van der Waals surface area (Å²) in [7, 11) is 2.08. The Hall–Kier alpha value is -1.92. The number of hydrogen-bond donors (Lipinski definition) is 2. The van der Waals surface area contributed by atoms with Crippen LogP contribution in [-0.4, -0.2) is 60.9 Å². The van der Waals surface area contributed by atoms with Crippen molar-refractivity contribution in [2.75, 3.05) is 38.5 Å². The van der Waals surface area contributed by atoms with Crippen LogP contribution in [0, 0.1) is 5.92 Å². The van der Waals surface area contributed by atoms with Gasteiger partial charge in [-0.25, -0.2) is 0 Å². The third kappa shape index (κ3) is 4.62. The Labute approximate surface area is 155 Å². The number of carbonyl (C=O) groups excluding carboxylic acids is 2. The van der Waals surface area contributed by atoms with Crippen molar-refractivity contribution in [3.8, 4) is 0 Å². The van der Waals surface area contributed by atoms with E-state index in [0.717, 1.165) is 45.3 Å². The molecule has 1 heterocycles. The fraction of sp³-hybridized carbons (Fsp3) is 0.600. The number of hydrogen-bond acceptors (Lipinski definition) is 4. The minimum Gasteiger partial charge on any atom is -0.337 e. The van der Waals surface area contributed by atoms with Crippen LogP contribution in [0.3, 0.4) is 0 Å². The molecular formula is C20H30N4O2. The second-order valence-corrected chi connectivity index (χ2v) is 7.60. The summed E-state index contributed by atoms with van der Waals surface area (Å²) in [6.07, 6.45) is 4.50. The molecule has 1 saturated carbocycles. The first-order valence-corrected chi connectivity index (χ1v) is 9.67. The van der Waals surface area contributed by atoms with Crippen molar-refractivity contribution >= 4 is 17.5 Å². The molecule has 0 spiro atoms. The summed E-state index contributed by atoms with van der Waals surface area (Å²) < 4.78 is 0. The zero-order valence-electron chi connectivity index (χ0n) is 15.6. The number of amides is 2. The lowest BCUT2D eigenvalue weighted by Gasteiger charge is -2.22. The average Bonchev–Trinajstić information content (AvgIpc) is 2.89. The average molecular weight is 358 g/mol. The fourth-order valence-electron chi connectivity index (χ4n) is 3.96. The summed E-state index contributed by atoms with van der Waals surface area (Å²) in [4.78, 5) is 29.6. The highest BCUT2D eigenvalue weighted by Crippen LogP contribution is 2.27. The lowest BCUT2D eigenvalue weighted by atomic mass is 9.99. The molecule has 2 fully saturated rings. The number of anilines is 1. The van der Waals surface area contributed by atoms with E-state index in [9.17, 15) is 9.59 Å².